The minimum absolute atomic E-state index is 0.0235. The number of hydrogen-bond acceptors (Lipinski definition) is 6. The first-order valence-corrected chi connectivity index (χ1v) is 13.4. The van der Waals surface area contributed by atoms with Crippen LogP contribution in [0.3, 0.4) is 0 Å². The van der Waals surface area contributed by atoms with E-state index < -0.39 is 0 Å². The Morgan fingerprint density at radius 3 is 2.56 bits per heavy atom. The molecule has 0 spiro atoms. The Balaban J connectivity index is 1.53. The van der Waals surface area contributed by atoms with Gasteiger partial charge in [-0.05, 0) is 56.5 Å². The van der Waals surface area contributed by atoms with Crippen LogP contribution in [0, 0.1) is 0 Å². The van der Waals surface area contributed by atoms with Gasteiger partial charge in [-0.25, -0.2) is 9.97 Å². The van der Waals surface area contributed by atoms with E-state index in [1.54, 1.807) is 19.5 Å². The lowest BCUT2D eigenvalue weighted by atomic mass is 9.89. The van der Waals surface area contributed by atoms with E-state index in [-0.39, 0.29) is 11.9 Å². The van der Waals surface area contributed by atoms with E-state index in [0.29, 0.717) is 22.5 Å². The van der Waals surface area contributed by atoms with Gasteiger partial charge < -0.3 is 15.0 Å². The number of nitrogens with one attached hydrogen (secondary N) is 1. The molecule has 0 radical (unpaired) electrons. The Bertz CT molecular complexity index is 1350. The van der Waals surface area contributed by atoms with Crippen LogP contribution in [0.2, 0.25) is 5.02 Å². The molecule has 2 heterocycles. The van der Waals surface area contributed by atoms with Gasteiger partial charge in [0.2, 0.25) is 0 Å². The molecule has 1 saturated carbocycles. The van der Waals surface area contributed by atoms with E-state index in [1.165, 1.54) is 17.7 Å². The van der Waals surface area contributed by atoms with E-state index in [9.17, 15) is 4.79 Å². The zero-order valence-electron chi connectivity index (χ0n) is 20.4. The Labute approximate surface area is 220 Å². The number of fused-ring (bicyclic) bond motifs is 1. The van der Waals surface area contributed by atoms with Gasteiger partial charge in [0.1, 0.15) is 17.0 Å². The topological polar surface area (TPSA) is 67.3 Å². The molecule has 8 heteroatoms. The van der Waals surface area contributed by atoms with Gasteiger partial charge in [0.25, 0.3) is 5.91 Å². The molecule has 1 amide bonds. The Morgan fingerprint density at radius 1 is 1.11 bits per heavy atom. The van der Waals surface area contributed by atoms with Gasteiger partial charge in [0.05, 0.1) is 12.1 Å². The molecule has 1 fully saturated rings. The first-order valence-electron chi connectivity index (χ1n) is 12.2. The van der Waals surface area contributed by atoms with Crippen LogP contribution in [-0.4, -0.2) is 47.0 Å². The van der Waals surface area contributed by atoms with Gasteiger partial charge in [0, 0.05) is 52.2 Å². The van der Waals surface area contributed by atoms with Gasteiger partial charge in [-0.3, -0.25) is 4.79 Å². The Kier molecular flexibility index (Phi) is 7.51. The lowest BCUT2D eigenvalue weighted by Gasteiger charge is -2.37. The van der Waals surface area contributed by atoms with Crippen molar-refractivity contribution in [1.29, 1.82) is 0 Å². The fourth-order valence-electron chi connectivity index (χ4n) is 5.04. The second kappa shape index (κ2) is 10.9. The number of nitrogens with zero attached hydrogens (tertiary/aromatic N) is 3. The van der Waals surface area contributed by atoms with Crippen molar-refractivity contribution in [3.05, 3.63) is 76.6 Å². The molecule has 0 saturated heterocycles. The quantitative estimate of drug-likeness (QED) is 0.314. The van der Waals surface area contributed by atoms with E-state index in [2.05, 4.69) is 21.4 Å². The number of methoxy groups -OCH3 is 1. The minimum atomic E-state index is -0.0235. The number of ether oxygens (including phenoxy) is 1. The molecule has 186 valence electrons. The highest BCUT2D eigenvalue weighted by Crippen LogP contribution is 2.38. The summed E-state index contributed by atoms with van der Waals surface area (Å²) in [5.74, 6) is 0.726. The van der Waals surface area contributed by atoms with Crippen LogP contribution >= 0.6 is 22.9 Å². The van der Waals surface area contributed by atoms with Crippen LogP contribution in [0.1, 0.15) is 40.9 Å². The van der Waals surface area contributed by atoms with Crippen molar-refractivity contribution in [3.63, 3.8) is 0 Å². The number of rotatable bonds is 7. The predicted molar refractivity (Wildman–Crippen MR) is 146 cm³/mol. The third-order valence-electron chi connectivity index (χ3n) is 7.05. The van der Waals surface area contributed by atoms with E-state index >= 15 is 0 Å². The molecule has 0 bridgehead atoms. The monoisotopic (exact) mass is 520 g/mol. The average Bonchev–Trinajstić information content (AvgIpc) is 3.28. The minimum Gasteiger partial charge on any atom is -0.496 e. The normalized spacial score (nSPS) is 17.8. The predicted octanol–water partition coefficient (Wildman–Crippen LogP) is 6.19. The first kappa shape index (κ1) is 24.7. The van der Waals surface area contributed by atoms with Crippen LogP contribution in [0.25, 0.3) is 21.2 Å². The number of thiophene rings is 1. The van der Waals surface area contributed by atoms with Crippen molar-refractivity contribution in [1.82, 2.24) is 20.2 Å². The lowest BCUT2D eigenvalue weighted by Crippen LogP contribution is -2.44. The molecule has 1 aliphatic carbocycles. The third-order valence-corrected chi connectivity index (χ3v) is 8.71. The third kappa shape index (κ3) is 4.96. The first-order chi connectivity index (χ1) is 17.6. The molecule has 5 rings (SSSR count). The number of aromatic nitrogens is 2. The number of carbonyl (C=O) groups is 1. The summed E-state index contributed by atoms with van der Waals surface area (Å²) < 4.78 is 6.74. The molecule has 0 unspecified atom stereocenters. The van der Waals surface area contributed by atoms with E-state index in [1.807, 2.05) is 48.3 Å². The number of amides is 1. The summed E-state index contributed by atoms with van der Waals surface area (Å²) in [6.45, 7) is 0.434. The summed E-state index contributed by atoms with van der Waals surface area (Å²) in [4.78, 5) is 25.0. The van der Waals surface area contributed by atoms with Crippen molar-refractivity contribution in [3.8, 4) is 16.9 Å². The summed E-state index contributed by atoms with van der Waals surface area (Å²) in [7, 11) is 3.67. The maximum absolute atomic E-state index is 14.1. The van der Waals surface area contributed by atoms with Gasteiger partial charge >= 0.3 is 0 Å². The molecule has 1 N–H and O–H groups in total. The van der Waals surface area contributed by atoms with Gasteiger partial charge in [0.15, 0.2) is 0 Å². The molecule has 36 heavy (non-hydrogen) atoms. The molecule has 6 nitrogen and oxygen atoms in total. The molecule has 0 aliphatic heterocycles. The maximum Gasteiger partial charge on any atom is 0.266 e. The molecule has 0 atom stereocenters. The van der Waals surface area contributed by atoms with Crippen LogP contribution in [-0.2, 0) is 6.54 Å². The molecule has 2 aromatic heterocycles. The van der Waals surface area contributed by atoms with Crippen molar-refractivity contribution < 1.29 is 9.53 Å². The van der Waals surface area contributed by atoms with Crippen LogP contribution in [0.5, 0.6) is 5.75 Å². The fourth-order valence-corrected chi connectivity index (χ4v) is 6.51. The lowest BCUT2D eigenvalue weighted by molar-refractivity contribution is 0.0604. The van der Waals surface area contributed by atoms with Crippen LogP contribution in [0.4, 0.5) is 0 Å². The average molecular weight is 521 g/mol. The summed E-state index contributed by atoms with van der Waals surface area (Å²) >= 11 is 8.23. The largest absolute Gasteiger partial charge is 0.496 e. The summed E-state index contributed by atoms with van der Waals surface area (Å²) in [6.07, 6.45) is 9.04. The second-order valence-corrected chi connectivity index (χ2v) is 10.6. The highest BCUT2D eigenvalue weighted by Gasteiger charge is 2.32. The van der Waals surface area contributed by atoms with Crippen molar-refractivity contribution in [2.24, 2.45) is 0 Å². The van der Waals surface area contributed by atoms with Crippen LogP contribution in [0.15, 0.2) is 61.2 Å². The van der Waals surface area contributed by atoms with E-state index in [4.69, 9.17) is 16.3 Å². The molecular weight excluding hydrogens is 492 g/mol. The maximum atomic E-state index is 14.1. The van der Waals surface area contributed by atoms with Gasteiger partial charge in [-0.2, -0.15) is 0 Å². The highest BCUT2D eigenvalue weighted by molar-refractivity contribution is 7.21. The Hall–Kier alpha value is -3.00. The SMILES string of the molecule is CN[C@H]1CC[C@@H](N(Cc2cc(-c3cncnc3)ccc2OC)C(=O)c2sc3ccccc3c2Cl)CC1. The van der Waals surface area contributed by atoms with E-state index in [0.717, 1.165) is 58.2 Å². The van der Waals surface area contributed by atoms with Crippen molar-refractivity contribution >= 4 is 38.9 Å². The standard InChI is InChI=1S/C28H29ClN4O2S/c1-30-21-8-10-22(11-9-21)33(28(34)27-26(29)23-5-3-4-6-25(23)36-27)16-19-13-18(7-12-24(19)35-2)20-14-31-17-32-15-20/h3-7,12-15,17,21-22,30H,8-11,16H2,1-2H3/t21-,22+. The molecule has 1 aliphatic rings. The number of halogens is 1. The molecule has 4 aromatic rings. The second-order valence-electron chi connectivity index (χ2n) is 9.12. The van der Waals surface area contributed by atoms with Crippen molar-refractivity contribution in [2.45, 2.75) is 44.3 Å². The summed E-state index contributed by atoms with van der Waals surface area (Å²) in [5.41, 5.74) is 2.85. The smallest absolute Gasteiger partial charge is 0.266 e. The summed E-state index contributed by atoms with van der Waals surface area (Å²) in [6, 6.07) is 14.5. The molecule has 2 aromatic carbocycles. The molecular formula is C28H29ClN4O2S. The van der Waals surface area contributed by atoms with Crippen molar-refractivity contribution in [2.75, 3.05) is 14.2 Å². The fraction of sp³-hybridized carbons (Fsp3) is 0.321. The number of hydrogen-bond donors (Lipinski definition) is 1. The van der Waals surface area contributed by atoms with Crippen LogP contribution < -0.4 is 10.1 Å². The number of carbonyl (C=O) groups excluding carboxylic acids is 1. The van der Waals surface area contributed by atoms with Gasteiger partial charge in [-0.15, -0.1) is 11.3 Å². The number of benzene rings is 2. The zero-order chi connectivity index (χ0) is 25.1. The van der Waals surface area contributed by atoms with Gasteiger partial charge in [-0.1, -0.05) is 35.9 Å². The zero-order valence-corrected chi connectivity index (χ0v) is 22.0. The summed E-state index contributed by atoms with van der Waals surface area (Å²) in [5, 5.41) is 4.85. The Morgan fingerprint density at radius 2 is 1.86 bits per heavy atom. The highest BCUT2D eigenvalue weighted by atomic mass is 35.5.